The van der Waals surface area contributed by atoms with Gasteiger partial charge in [-0.25, -0.2) is 4.98 Å². The van der Waals surface area contributed by atoms with Crippen molar-refractivity contribution in [2.75, 3.05) is 31.7 Å². The van der Waals surface area contributed by atoms with Crippen molar-refractivity contribution in [2.45, 2.75) is 13.8 Å². The molecule has 0 atom stereocenters. The van der Waals surface area contributed by atoms with Gasteiger partial charge in [0.25, 0.3) is 0 Å². The molecule has 0 saturated heterocycles. The van der Waals surface area contributed by atoms with Crippen LogP contribution >= 0.6 is 22.9 Å². The van der Waals surface area contributed by atoms with Crippen LogP contribution < -0.4 is 9.64 Å². The predicted octanol–water partition coefficient (Wildman–Crippen LogP) is 4.15. The fourth-order valence-corrected chi connectivity index (χ4v) is 4.19. The number of fused-ring (bicyclic) bond motifs is 1. The summed E-state index contributed by atoms with van der Waals surface area (Å²) in [6, 6.07) is 7.96. The second-order valence-electron chi connectivity index (χ2n) is 5.56. The lowest BCUT2D eigenvalue weighted by molar-refractivity contribution is 0.302. The van der Waals surface area contributed by atoms with Crippen molar-refractivity contribution >= 4 is 39.0 Å². The summed E-state index contributed by atoms with van der Waals surface area (Å²) in [5.74, 6) is 1.58. The number of hydrogen-bond acceptors (Lipinski definition) is 6. The summed E-state index contributed by atoms with van der Waals surface area (Å²) in [5.41, 5.74) is 2.18. The van der Waals surface area contributed by atoms with Gasteiger partial charge in [-0.2, -0.15) is 4.98 Å². The Morgan fingerprint density at radius 2 is 1.96 bits per heavy atom. The van der Waals surface area contributed by atoms with Crippen molar-refractivity contribution in [3.8, 4) is 16.9 Å². The molecule has 0 fully saturated rings. The van der Waals surface area contributed by atoms with E-state index in [0.717, 1.165) is 44.3 Å². The van der Waals surface area contributed by atoms with E-state index in [2.05, 4.69) is 16.9 Å². The molecule has 5 nitrogen and oxygen atoms in total. The zero-order valence-corrected chi connectivity index (χ0v) is 16.0. The molecule has 0 aliphatic carbocycles. The number of rotatable bonds is 6. The molecule has 25 heavy (non-hydrogen) atoms. The van der Waals surface area contributed by atoms with Gasteiger partial charge in [0.2, 0.25) is 5.28 Å². The first-order valence-electron chi connectivity index (χ1n) is 8.05. The number of aliphatic hydroxyl groups excluding tert-OH is 1. The van der Waals surface area contributed by atoms with Crippen LogP contribution in [0.3, 0.4) is 0 Å². The number of aryl methyl sites for hydroxylation is 1. The van der Waals surface area contributed by atoms with Gasteiger partial charge in [0, 0.05) is 23.5 Å². The van der Waals surface area contributed by atoms with E-state index in [4.69, 9.17) is 16.3 Å². The number of thiophene rings is 1. The van der Waals surface area contributed by atoms with E-state index >= 15 is 0 Å². The minimum Gasteiger partial charge on any atom is -0.497 e. The lowest BCUT2D eigenvalue weighted by atomic mass is 10.0. The smallest absolute Gasteiger partial charge is 0.225 e. The normalized spacial score (nSPS) is 11.1. The number of methoxy groups -OCH3 is 1. The van der Waals surface area contributed by atoms with E-state index in [9.17, 15) is 5.11 Å². The highest BCUT2D eigenvalue weighted by Gasteiger charge is 2.21. The Hall–Kier alpha value is -1.89. The molecule has 2 aromatic heterocycles. The van der Waals surface area contributed by atoms with Gasteiger partial charge in [-0.1, -0.05) is 12.1 Å². The van der Waals surface area contributed by atoms with E-state index in [0.29, 0.717) is 6.54 Å². The van der Waals surface area contributed by atoms with Crippen molar-refractivity contribution in [1.82, 2.24) is 9.97 Å². The first-order valence-corrected chi connectivity index (χ1v) is 9.25. The van der Waals surface area contributed by atoms with Gasteiger partial charge in [-0.15, -0.1) is 11.3 Å². The molecule has 0 aliphatic rings. The van der Waals surface area contributed by atoms with E-state index in [1.807, 2.05) is 36.1 Å². The van der Waals surface area contributed by atoms with Gasteiger partial charge >= 0.3 is 0 Å². The van der Waals surface area contributed by atoms with Gasteiger partial charge in [-0.05, 0) is 43.1 Å². The van der Waals surface area contributed by atoms with E-state index in [-0.39, 0.29) is 11.9 Å². The minimum atomic E-state index is 0.0535. The molecule has 0 unspecified atom stereocenters. The highest BCUT2D eigenvalue weighted by Crippen LogP contribution is 2.42. The largest absolute Gasteiger partial charge is 0.497 e. The van der Waals surface area contributed by atoms with Gasteiger partial charge in [0.05, 0.1) is 19.1 Å². The summed E-state index contributed by atoms with van der Waals surface area (Å²) < 4.78 is 5.26. The third-order valence-corrected chi connectivity index (χ3v) is 5.28. The Labute approximate surface area is 155 Å². The van der Waals surface area contributed by atoms with Crippen LogP contribution in [0.5, 0.6) is 5.75 Å². The number of anilines is 1. The number of hydrogen-bond donors (Lipinski definition) is 1. The molecule has 0 bridgehead atoms. The zero-order chi connectivity index (χ0) is 18.0. The second kappa shape index (κ2) is 7.56. The molecule has 1 aromatic carbocycles. The Morgan fingerprint density at radius 1 is 1.24 bits per heavy atom. The van der Waals surface area contributed by atoms with Crippen LogP contribution in [0.4, 0.5) is 5.82 Å². The second-order valence-corrected chi connectivity index (χ2v) is 7.10. The standard InChI is InChI=1S/C18H20ClN3O2S/c1-4-22(9-10-23)16-15-14(12-5-7-13(24-3)8-6-12)11(2)25-17(15)21-18(19)20-16/h5-8,23H,4,9-10H2,1-3H3. The maximum atomic E-state index is 9.39. The zero-order valence-electron chi connectivity index (χ0n) is 14.4. The predicted molar refractivity (Wildman–Crippen MR) is 104 cm³/mol. The molecule has 0 spiro atoms. The van der Waals surface area contributed by atoms with Gasteiger partial charge < -0.3 is 14.7 Å². The molecule has 3 rings (SSSR count). The van der Waals surface area contributed by atoms with Crippen LogP contribution in [-0.4, -0.2) is 41.9 Å². The van der Waals surface area contributed by atoms with Crippen molar-refractivity contribution in [3.63, 3.8) is 0 Å². The Morgan fingerprint density at radius 3 is 2.56 bits per heavy atom. The monoisotopic (exact) mass is 377 g/mol. The number of likely N-dealkylation sites (N-methyl/N-ethyl adjacent to an activating group) is 1. The summed E-state index contributed by atoms with van der Waals surface area (Å²) in [5, 5.41) is 10.6. The molecule has 1 N–H and O–H groups in total. The average Bonchev–Trinajstić information content (AvgIpc) is 2.94. The highest BCUT2D eigenvalue weighted by atomic mass is 35.5. The third kappa shape index (κ3) is 3.42. The van der Waals surface area contributed by atoms with Crippen molar-refractivity contribution in [1.29, 1.82) is 0 Å². The molecule has 7 heteroatoms. The number of halogens is 1. The SMILES string of the molecule is CCN(CCO)c1nc(Cl)nc2sc(C)c(-c3ccc(OC)cc3)c12. The van der Waals surface area contributed by atoms with Crippen LogP contribution in [0.25, 0.3) is 21.3 Å². The maximum absolute atomic E-state index is 9.39. The number of benzene rings is 1. The van der Waals surface area contributed by atoms with E-state index in [1.165, 1.54) is 0 Å². The number of nitrogens with zero attached hydrogens (tertiary/aromatic N) is 3. The molecular formula is C18H20ClN3O2S. The molecule has 0 saturated carbocycles. The van der Waals surface area contributed by atoms with Crippen LogP contribution in [0, 0.1) is 6.92 Å². The molecular weight excluding hydrogens is 358 g/mol. The maximum Gasteiger partial charge on any atom is 0.225 e. The van der Waals surface area contributed by atoms with Crippen LogP contribution in [0.1, 0.15) is 11.8 Å². The summed E-state index contributed by atoms with van der Waals surface area (Å²) >= 11 is 7.75. The number of aliphatic hydroxyl groups is 1. The minimum absolute atomic E-state index is 0.0535. The van der Waals surface area contributed by atoms with Crippen molar-refractivity contribution in [3.05, 3.63) is 34.4 Å². The fraction of sp³-hybridized carbons (Fsp3) is 0.333. The summed E-state index contributed by atoms with van der Waals surface area (Å²) in [6.07, 6.45) is 0. The third-order valence-electron chi connectivity index (χ3n) is 4.11. The first-order chi connectivity index (χ1) is 12.1. The van der Waals surface area contributed by atoms with E-state index < -0.39 is 0 Å². The quantitative estimate of drug-likeness (QED) is 0.654. The van der Waals surface area contributed by atoms with Gasteiger partial charge in [0.1, 0.15) is 16.4 Å². The first kappa shape index (κ1) is 17.9. The van der Waals surface area contributed by atoms with Crippen LogP contribution in [0.15, 0.2) is 24.3 Å². The number of ether oxygens (including phenoxy) is 1. The molecule has 0 radical (unpaired) electrons. The Bertz CT molecular complexity index is 880. The topological polar surface area (TPSA) is 58.5 Å². The van der Waals surface area contributed by atoms with Gasteiger partial charge in [0.15, 0.2) is 0 Å². The van der Waals surface area contributed by atoms with E-state index in [1.54, 1.807) is 18.4 Å². The Balaban J connectivity index is 2.25. The molecule has 2 heterocycles. The van der Waals surface area contributed by atoms with Crippen LogP contribution in [-0.2, 0) is 0 Å². The van der Waals surface area contributed by atoms with Crippen molar-refractivity contribution < 1.29 is 9.84 Å². The summed E-state index contributed by atoms with van der Waals surface area (Å²) in [6.45, 7) is 5.38. The average molecular weight is 378 g/mol. The Kier molecular flexibility index (Phi) is 5.42. The highest BCUT2D eigenvalue weighted by molar-refractivity contribution is 7.19. The van der Waals surface area contributed by atoms with Crippen molar-refractivity contribution in [2.24, 2.45) is 0 Å². The lowest BCUT2D eigenvalue weighted by Gasteiger charge is -2.22. The summed E-state index contributed by atoms with van der Waals surface area (Å²) in [7, 11) is 1.65. The van der Waals surface area contributed by atoms with Crippen LogP contribution in [0.2, 0.25) is 5.28 Å². The molecule has 3 aromatic rings. The molecule has 0 amide bonds. The molecule has 132 valence electrons. The lowest BCUT2D eigenvalue weighted by Crippen LogP contribution is -2.27. The summed E-state index contributed by atoms with van der Waals surface area (Å²) in [4.78, 5) is 12.9. The number of aromatic nitrogens is 2. The fourth-order valence-electron chi connectivity index (χ4n) is 2.94. The molecule has 0 aliphatic heterocycles. The van der Waals surface area contributed by atoms with Gasteiger partial charge in [-0.3, -0.25) is 0 Å².